The lowest BCUT2D eigenvalue weighted by Crippen LogP contribution is -2.14. The third kappa shape index (κ3) is 4.25. The van der Waals surface area contributed by atoms with E-state index in [9.17, 15) is 10.2 Å². The van der Waals surface area contributed by atoms with Crippen molar-refractivity contribution < 1.29 is 14.9 Å². The molecule has 0 heterocycles. The van der Waals surface area contributed by atoms with Crippen LogP contribution in [0.1, 0.15) is 30.5 Å². The van der Waals surface area contributed by atoms with Gasteiger partial charge in [-0.05, 0) is 46.0 Å². The molecule has 0 atom stereocenters. The monoisotopic (exact) mass is 279 g/mol. The highest BCUT2D eigenvalue weighted by Gasteiger charge is 2.16. The van der Waals surface area contributed by atoms with Crippen molar-refractivity contribution in [2.24, 2.45) is 0 Å². The van der Waals surface area contributed by atoms with Crippen molar-refractivity contribution in [1.82, 2.24) is 4.90 Å². The van der Waals surface area contributed by atoms with Gasteiger partial charge in [0, 0.05) is 12.1 Å². The molecule has 1 aromatic rings. The minimum atomic E-state index is -0.916. The van der Waals surface area contributed by atoms with Crippen LogP contribution in [0.3, 0.4) is 0 Å². The summed E-state index contributed by atoms with van der Waals surface area (Å²) in [7, 11) is 5.51. The van der Waals surface area contributed by atoms with Crippen LogP contribution < -0.4 is 4.74 Å². The molecule has 0 saturated heterocycles. The van der Waals surface area contributed by atoms with Crippen LogP contribution in [0.4, 0.5) is 0 Å². The molecule has 0 fully saturated rings. The number of hydrogen-bond donors (Lipinski definition) is 2. The second-order valence-corrected chi connectivity index (χ2v) is 5.87. The number of methoxy groups -OCH3 is 1. The van der Waals surface area contributed by atoms with Gasteiger partial charge < -0.3 is 19.8 Å². The molecule has 0 unspecified atom stereocenters. The average Bonchev–Trinajstić information content (AvgIpc) is 2.29. The normalized spacial score (nSPS) is 12.4. The van der Waals surface area contributed by atoms with E-state index in [1.807, 2.05) is 32.0 Å². The van der Waals surface area contributed by atoms with Crippen LogP contribution in [0.15, 0.2) is 12.1 Å². The van der Waals surface area contributed by atoms with Crippen LogP contribution in [0.2, 0.25) is 0 Å². The molecule has 0 aliphatic heterocycles. The Kier molecular flexibility index (Phi) is 5.20. The molecule has 4 heteroatoms. The minimum absolute atomic E-state index is 0.144. The van der Waals surface area contributed by atoms with Crippen molar-refractivity contribution in [1.29, 1.82) is 0 Å². The number of hydrogen-bond acceptors (Lipinski definition) is 4. The van der Waals surface area contributed by atoms with Crippen LogP contribution in [0.5, 0.6) is 11.5 Å². The fourth-order valence-corrected chi connectivity index (χ4v) is 2.01. The molecule has 1 rings (SSSR count). The van der Waals surface area contributed by atoms with Crippen molar-refractivity contribution in [2.75, 3.05) is 21.2 Å². The molecule has 20 heavy (non-hydrogen) atoms. The molecule has 2 N–H and O–H groups in total. The molecule has 4 nitrogen and oxygen atoms in total. The summed E-state index contributed by atoms with van der Waals surface area (Å²) in [6.07, 6.45) is 3.50. The third-order valence-corrected chi connectivity index (χ3v) is 2.92. The second-order valence-electron chi connectivity index (χ2n) is 5.87. The third-order valence-electron chi connectivity index (χ3n) is 2.92. The number of benzene rings is 1. The molecular weight excluding hydrogens is 254 g/mol. The van der Waals surface area contributed by atoms with Gasteiger partial charge in [-0.1, -0.05) is 18.2 Å². The zero-order valence-electron chi connectivity index (χ0n) is 13.2. The summed E-state index contributed by atoms with van der Waals surface area (Å²) in [6.45, 7) is 5.98. The zero-order valence-corrected chi connectivity index (χ0v) is 13.2. The molecule has 112 valence electrons. The van der Waals surface area contributed by atoms with Crippen molar-refractivity contribution in [3.05, 3.63) is 28.8 Å². The van der Waals surface area contributed by atoms with Gasteiger partial charge in [0.1, 0.15) is 0 Å². The van der Waals surface area contributed by atoms with Crippen LogP contribution >= 0.6 is 0 Å². The number of rotatable bonds is 5. The molecule has 0 aliphatic rings. The van der Waals surface area contributed by atoms with E-state index >= 15 is 0 Å². The predicted octanol–water partition coefficient (Wildman–Crippen LogP) is 2.55. The molecule has 0 saturated carbocycles. The zero-order chi connectivity index (χ0) is 15.5. The predicted molar refractivity (Wildman–Crippen MR) is 82.1 cm³/mol. The molecule has 0 aromatic heterocycles. The number of aryl methyl sites for hydroxylation is 1. The van der Waals surface area contributed by atoms with Crippen LogP contribution in [-0.4, -0.2) is 41.9 Å². The van der Waals surface area contributed by atoms with Crippen LogP contribution in [0, 0.1) is 6.92 Å². The first-order valence-electron chi connectivity index (χ1n) is 6.61. The van der Waals surface area contributed by atoms with Gasteiger partial charge >= 0.3 is 0 Å². The quantitative estimate of drug-likeness (QED) is 0.870. The highest BCUT2D eigenvalue weighted by molar-refractivity contribution is 5.68. The van der Waals surface area contributed by atoms with Gasteiger partial charge in [0.2, 0.25) is 0 Å². The van der Waals surface area contributed by atoms with Gasteiger partial charge in [-0.25, -0.2) is 0 Å². The van der Waals surface area contributed by atoms with Gasteiger partial charge in [0.25, 0.3) is 0 Å². The van der Waals surface area contributed by atoms with E-state index in [4.69, 9.17) is 4.74 Å². The van der Waals surface area contributed by atoms with Crippen LogP contribution in [0.25, 0.3) is 6.08 Å². The maximum Gasteiger partial charge on any atom is 0.168 e. The Morgan fingerprint density at radius 1 is 1.35 bits per heavy atom. The highest BCUT2D eigenvalue weighted by atomic mass is 16.5. The SMILES string of the molecule is COc1c(O)c(C)cc(CN(C)C)c1/C=C/C(C)(C)O. The number of ether oxygens (including phenoxy) is 1. The maximum absolute atomic E-state index is 10.1. The highest BCUT2D eigenvalue weighted by Crippen LogP contribution is 2.37. The van der Waals surface area contributed by atoms with Crippen molar-refractivity contribution in [2.45, 2.75) is 32.9 Å². The Bertz CT molecular complexity index is 499. The average molecular weight is 279 g/mol. The molecule has 1 aromatic carbocycles. The van der Waals surface area contributed by atoms with Gasteiger partial charge in [0.05, 0.1) is 12.7 Å². The first-order valence-corrected chi connectivity index (χ1v) is 6.61. The molecular formula is C16H25NO3. The van der Waals surface area contributed by atoms with Gasteiger partial charge in [-0.15, -0.1) is 0 Å². The minimum Gasteiger partial charge on any atom is -0.504 e. The van der Waals surface area contributed by atoms with E-state index < -0.39 is 5.60 Å². The van der Waals surface area contributed by atoms with E-state index in [-0.39, 0.29) is 5.75 Å². The second kappa shape index (κ2) is 6.29. The Morgan fingerprint density at radius 3 is 2.40 bits per heavy atom. The maximum atomic E-state index is 10.1. The van der Waals surface area contributed by atoms with E-state index in [1.54, 1.807) is 26.0 Å². The lowest BCUT2D eigenvalue weighted by Gasteiger charge is -2.19. The van der Waals surface area contributed by atoms with E-state index in [1.165, 1.54) is 7.11 Å². The molecule has 0 aliphatic carbocycles. The number of aliphatic hydroxyl groups is 1. The van der Waals surface area contributed by atoms with Gasteiger partial charge in [-0.3, -0.25) is 0 Å². The largest absolute Gasteiger partial charge is 0.504 e. The summed E-state index contributed by atoms with van der Waals surface area (Å²) in [5.74, 6) is 0.591. The van der Waals surface area contributed by atoms with Crippen molar-refractivity contribution in [3.63, 3.8) is 0 Å². The number of phenolic OH excluding ortho intramolecular Hbond substituents is 1. The lowest BCUT2D eigenvalue weighted by atomic mass is 9.99. The van der Waals surface area contributed by atoms with Crippen molar-refractivity contribution in [3.8, 4) is 11.5 Å². The Labute approximate surface area is 121 Å². The Hall–Kier alpha value is -1.52. The van der Waals surface area contributed by atoms with E-state index in [2.05, 4.69) is 0 Å². The fraction of sp³-hybridized carbons (Fsp3) is 0.500. The topological polar surface area (TPSA) is 52.9 Å². The summed E-state index contributed by atoms with van der Waals surface area (Å²) < 4.78 is 5.34. The first kappa shape index (κ1) is 16.5. The molecule has 0 spiro atoms. The number of aromatic hydroxyl groups is 1. The van der Waals surface area contributed by atoms with E-state index in [0.29, 0.717) is 5.75 Å². The summed E-state index contributed by atoms with van der Waals surface area (Å²) in [4.78, 5) is 2.05. The molecule has 0 bridgehead atoms. The Morgan fingerprint density at radius 2 is 1.95 bits per heavy atom. The van der Waals surface area contributed by atoms with Crippen molar-refractivity contribution >= 4 is 6.08 Å². The van der Waals surface area contributed by atoms with Gasteiger partial charge in [0.15, 0.2) is 11.5 Å². The summed E-state index contributed by atoms with van der Waals surface area (Å²) in [5.41, 5.74) is 1.70. The summed E-state index contributed by atoms with van der Waals surface area (Å²) >= 11 is 0. The number of phenols is 1. The first-order chi connectivity index (χ1) is 9.15. The fourth-order valence-electron chi connectivity index (χ4n) is 2.01. The molecule has 0 amide bonds. The Balaban J connectivity index is 3.42. The number of nitrogens with zero attached hydrogens (tertiary/aromatic N) is 1. The van der Waals surface area contributed by atoms with E-state index in [0.717, 1.165) is 23.2 Å². The van der Waals surface area contributed by atoms with Crippen LogP contribution in [-0.2, 0) is 6.54 Å². The van der Waals surface area contributed by atoms with Gasteiger partial charge in [-0.2, -0.15) is 0 Å². The summed E-state index contributed by atoms with van der Waals surface area (Å²) in [5, 5.41) is 20.0. The summed E-state index contributed by atoms with van der Waals surface area (Å²) in [6, 6.07) is 1.95. The molecule has 0 radical (unpaired) electrons. The smallest absolute Gasteiger partial charge is 0.168 e. The lowest BCUT2D eigenvalue weighted by molar-refractivity contribution is 0.134. The standard InChI is InChI=1S/C16H25NO3/c1-11-9-12(10-17(4)5)13(7-8-16(2,3)19)15(20-6)14(11)18/h7-9,18-19H,10H2,1-6H3/b8-7+.